The van der Waals surface area contributed by atoms with E-state index in [1.54, 1.807) is 0 Å². The second kappa shape index (κ2) is 5.85. The fourth-order valence-electron chi connectivity index (χ4n) is 2.56. The van der Waals surface area contributed by atoms with Gasteiger partial charge in [0, 0.05) is 23.6 Å². The van der Waals surface area contributed by atoms with Crippen LogP contribution in [0, 0.1) is 12.8 Å². The Kier molecular flexibility index (Phi) is 4.43. The summed E-state index contributed by atoms with van der Waals surface area (Å²) in [5, 5.41) is 4.24. The van der Waals surface area contributed by atoms with Gasteiger partial charge in [-0.2, -0.15) is 0 Å². The molecule has 2 atom stereocenters. The number of aryl methyl sites for hydroxylation is 1. The Bertz CT molecular complexity index is 374. The highest BCUT2D eigenvalue weighted by atomic mass is 35.5. The molecule has 94 valence electrons. The first-order valence-electron chi connectivity index (χ1n) is 6.23. The van der Waals surface area contributed by atoms with Gasteiger partial charge in [-0.15, -0.1) is 0 Å². The average Bonchev–Trinajstić information content (AvgIpc) is 2.34. The van der Waals surface area contributed by atoms with E-state index >= 15 is 0 Å². The zero-order chi connectivity index (χ0) is 12.3. The van der Waals surface area contributed by atoms with E-state index in [1.165, 1.54) is 17.5 Å². The molecule has 0 aromatic heterocycles. The highest BCUT2D eigenvalue weighted by Gasteiger charge is 2.25. The second-order valence-corrected chi connectivity index (χ2v) is 5.18. The summed E-state index contributed by atoms with van der Waals surface area (Å²) in [7, 11) is 2.00. The van der Waals surface area contributed by atoms with Crippen molar-refractivity contribution in [2.24, 2.45) is 5.92 Å². The summed E-state index contributed by atoms with van der Waals surface area (Å²) in [6, 6.07) is 6.58. The first-order valence-corrected chi connectivity index (χ1v) is 6.61. The van der Waals surface area contributed by atoms with Crippen LogP contribution in [-0.4, -0.2) is 20.3 Å². The topological polar surface area (TPSA) is 21.3 Å². The molecular weight excluding hydrogens is 234 g/mol. The van der Waals surface area contributed by atoms with Crippen molar-refractivity contribution in [3.05, 3.63) is 34.3 Å². The van der Waals surface area contributed by atoms with Gasteiger partial charge in [-0.1, -0.05) is 23.7 Å². The van der Waals surface area contributed by atoms with Crippen LogP contribution in [-0.2, 0) is 4.74 Å². The number of benzene rings is 1. The van der Waals surface area contributed by atoms with Crippen molar-refractivity contribution in [3.8, 4) is 0 Å². The summed E-state index contributed by atoms with van der Waals surface area (Å²) >= 11 is 6.34. The van der Waals surface area contributed by atoms with Crippen LogP contribution in [0.2, 0.25) is 5.02 Å². The molecule has 0 bridgehead atoms. The first-order chi connectivity index (χ1) is 8.22. The molecule has 0 amide bonds. The molecule has 1 fully saturated rings. The Hall–Kier alpha value is -0.570. The summed E-state index contributed by atoms with van der Waals surface area (Å²) in [5.74, 6) is 0.522. The molecule has 2 rings (SSSR count). The third-order valence-corrected chi connectivity index (χ3v) is 3.80. The lowest BCUT2D eigenvalue weighted by Crippen LogP contribution is -2.31. The van der Waals surface area contributed by atoms with Crippen LogP contribution in [0.1, 0.15) is 30.0 Å². The molecular formula is C14H20ClNO. The third kappa shape index (κ3) is 3.01. The van der Waals surface area contributed by atoms with Crippen LogP contribution in [0.5, 0.6) is 0 Å². The maximum atomic E-state index is 6.34. The SMILES string of the molecule is CNC(c1ccc(C)cc1Cl)C1CCCOC1. The minimum Gasteiger partial charge on any atom is -0.381 e. The Labute approximate surface area is 108 Å². The molecule has 0 saturated carbocycles. The zero-order valence-corrected chi connectivity index (χ0v) is 11.3. The number of ether oxygens (including phenoxy) is 1. The Balaban J connectivity index is 2.21. The number of hydrogen-bond donors (Lipinski definition) is 1. The Morgan fingerprint density at radius 2 is 2.29 bits per heavy atom. The minimum absolute atomic E-state index is 0.295. The van der Waals surface area contributed by atoms with Crippen molar-refractivity contribution in [3.63, 3.8) is 0 Å². The lowest BCUT2D eigenvalue weighted by molar-refractivity contribution is 0.0402. The van der Waals surface area contributed by atoms with Crippen LogP contribution in [0.4, 0.5) is 0 Å². The maximum Gasteiger partial charge on any atom is 0.0512 e. The predicted molar refractivity (Wildman–Crippen MR) is 71.5 cm³/mol. The van der Waals surface area contributed by atoms with Gasteiger partial charge < -0.3 is 10.1 Å². The van der Waals surface area contributed by atoms with Crippen LogP contribution in [0.15, 0.2) is 18.2 Å². The Morgan fingerprint density at radius 3 is 2.88 bits per heavy atom. The first kappa shape index (κ1) is 12.9. The van der Waals surface area contributed by atoms with E-state index in [9.17, 15) is 0 Å². The molecule has 17 heavy (non-hydrogen) atoms. The molecule has 3 heteroatoms. The second-order valence-electron chi connectivity index (χ2n) is 4.77. The highest BCUT2D eigenvalue weighted by Crippen LogP contribution is 2.32. The summed E-state index contributed by atoms with van der Waals surface area (Å²) in [5.41, 5.74) is 2.39. The monoisotopic (exact) mass is 253 g/mol. The zero-order valence-electron chi connectivity index (χ0n) is 10.5. The smallest absolute Gasteiger partial charge is 0.0512 e. The van der Waals surface area contributed by atoms with Gasteiger partial charge in [0.2, 0.25) is 0 Å². The molecule has 1 heterocycles. The van der Waals surface area contributed by atoms with Crippen LogP contribution < -0.4 is 5.32 Å². The van der Waals surface area contributed by atoms with Gasteiger partial charge in [0.05, 0.1) is 6.61 Å². The van der Waals surface area contributed by atoms with Gasteiger partial charge in [-0.25, -0.2) is 0 Å². The van der Waals surface area contributed by atoms with Gasteiger partial charge >= 0.3 is 0 Å². The molecule has 1 N–H and O–H groups in total. The van der Waals surface area contributed by atoms with E-state index in [2.05, 4.69) is 24.4 Å². The van der Waals surface area contributed by atoms with Gasteiger partial charge in [0.25, 0.3) is 0 Å². The predicted octanol–water partition coefficient (Wildman–Crippen LogP) is 3.34. The Morgan fingerprint density at radius 1 is 1.47 bits per heavy atom. The summed E-state index contributed by atoms with van der Waals surface area (Å²) in [4.78, 5) is 0. The fourth-order valence-corrected chi connectivity index (χ4v) is 2.91. The van der Waals surface area contributed by atoms with Crippen molar-refractivity contribution in [2.75, 3.05) is 20.3 Å². The lowest BCUT2D eigenvalue weighted by Gasteiger charge is -2.31. The van der Waals surface area contributed by atoms with Crippen molar-refractivity contribution in [2.45, 2.75) is 25.8 Å². The normalized spacial score (nSPS) is 22.4. The van der Waals surface area contributed by atoms with Crippen molar-refractivity contribution in [1.82, 2.24) is 5.32 Å². The van der Waals surface area contributed by atoms with Crippen LogP contribution in [0.25, 0.3) is 0 Å². The summed E-state index contributed by atoms with van der Waals surface area (Å²) in [6.07, 6.45) is 2.35. The molecule has 0 aliphatic carbocycles. The minimum atomic E-state index is 0.295. The quantitative estimate of drug-likeness (QED) is 0.892. The van der Waals surface area contributed by atoms with Crippen LogP contribution >= 0.6 is 11.6 Å². The molecule has 1 aliphatic heterocycles. The standard InChI is InChI=1S/C14H20ClNO/c1-10-5-6-12(13(15)8-10)14(16-2)11-4-3-7-17-9-11/h5-6,8,11,14,16H,3-4,7,9H2,1-2H3. The van der Waals surface area contributed by atoms with Gasteiger partial charge in [-0.3, -0.25) is 0 Å². The van der Waals surface area contributed by atoms with E-state index in [0.29, 0.717) is 12.0 Å². The molecule has 1 aromatic carbocycles. The largest absolute Gasteiger partial charge is 0.381 e. The van der Waals surface area contributed by atoms with E-state index in [0.717, 1.165) is 24.7 Å². The van der Waals surface area contributed by atoms with Gasteiger partial charge in [-0.05, 0) is 44.0 Å². The number of halogens is 1. The van der Waals surface area contributed by atoms with E-state index < -0.39 is 0 Å². The van der Waals surface area contributed by atoms with E-state index in [-0.39, 0.29) is 0 Å². The van der Waals surface area contributed by atoms with E-state index in [4.69, 9.17) is 16.3 Å². The van der Waals surface area contributed by atoms with Crippen LogP contribution in [0.3, 0.4) is 0 Å². The highest BCUT2D eigenvalue weighted by molar-refractivity contribution is 6.31. The molecule has 2 nitrogen and oxygen atoms in total. The van der Waals surface area contributed by atoms with Gasteiger partial charge in [0.15, 0.2) is 0 Å². The molecule has 2 unspecified atom stereocenters. The van der Waals surface area contributed by atoms with Gasteiger partial charge in [0.1, 0.15) is 0 Å². The summed E-state index contributed by atoms with van der Waals surface area (Å²) < 4.78 is 5.57. The number of rotatable bonds is 3. The number of hydrogen-bond acceptors (Lipinski definition) is 2. The molecule has 1 saturated heterocycles. The molecule has 0 spiro atoms. The van der Waals surface area contributed by atoms with Crippen molar-refractivity contribution < 1.29 is 4.74 Å². The number of nitrogens with one attached hydrogen (secondary N) is 1. The van der Waals surface area contributed by atoms with Crippen molar-refractivity contribution in [1.29, 1.82) is 0 Å². The maximum absolute atomic E-state index is 6.34. The summed E-state index contributed by atoms with van der Waals surface area (Å²) in [6.45, 7) is 3.79. The molecule has 1 aromatic rings. The average molecular weight is 254 g/mol. The fraction of sp³-hybridized carbons (Fsp3) is 0.571. The van der Waals surface area contributed by atoms with E-state index in [1.807, 2.05) is 13.1 Å². The lowest BCUT2D eigenvalue weighted by atomic mass is 9.88. The third-order valence-electron chi connectivity index (χ3n) is 3.47. The molecule has 0 radical (unpaired) electrons. The molecule has 1 aliphatic rings. The van der Waals surface area contributed by atoms with Crippen molar-refractivity contribution >= 4 is 11.6 Å².